The van der Waals surface area contributed by atoms with Crippen LogP contribution in [0.2, 0.25) is 0 Å². The van der Waals surface area contributed by atoms with Gasteiger partial charge in [-0.2, -0.15) is 0 Å². The number of nitrogens with one attached hydrogen (secondary N) is 1. The van der Waals surface area contributed by atoms with Gasteiger partial charge in [-0.25, -0.2) is 4.39 Å². The quantitative estimate of drug-likeness (QED) is 0.838. The molecular formula is C15H20FNO. The molecule has 0 radical (unpaired) electrons. The van der Waals surface area contributed by atoms with E-state index in [9.17, 15) is 9.50 Å². The summed E-state index contributed by atoms with van der Waals surface area (Å²) in [6, 6.07) is 4.40. The van der Waals surface area contributed by atoms with E-state index in [4.69, 9.17) is 0 Å². The van der Waals surface area contributed by atoms with Crippen molar-refractivity contribution in [3.8, 4) is 5.75 Å². The molecule has 2 aliphatic carbocycles. The molecule has 0 heterocycles. The first-order chi connectivity index (χ1) is 8.61. The van der Waals surface area contributed by atoms with Crippen LogP contribution < -0.4 is 5.32 Å². The zero-order chi connectivity index (χ0) is 12.8. The van der Waals surface area contributed by atoms with E-state index in [0.717, 1.165) is 12.5 Å². The van der Waals surface area contributed by atoms with Gasteiger partial charge in [0.2, 0.25) is 0 Å². The second-order valence-electron chi connectivity index (χ2n) is 5.95. The molecule has 1 aromatic rings. The standard InChI is InChI=1S/C15H20FNO/c1-10(13-5-4-12(18)8-14(13)16)17-9-15(6-7-15)11-2-3-11/h4-5,8,10-11,17-18H,2-3,6-7,9H2,1H3. The summed E-state index contributed by atoms with van der Waals surface area (Å²) in [6.07, 6.45) is 5.41. The Morgan fingerprint density at radius 3 is 2.72 bits per heavy atom. The van der Waals surface area contributed by atoms with Crippen molar-refractivity contribution in [2.75, 3.05) is 6.54 Å². The van der Waals surface area contributed by atoms with Gasteiger partial charge in [0.25, 0.3) is 0 Å². The Morgan fingerprint density at radius 2 is 2.17 bits per heavy atom. The summed E-state index contributed by atoms with van der Waals surface area (Å²) >= 11 is 0. The van der Waals surface area contributed by atoms with Gasteiger partial charge in [0, 0.05) is 24.2 Å². The highest BCUT2D eigenvalue weighted by atomic mass is 19.1. The largest absolute Gasteiger partial charge is 0.508 e. The number of phenols is 1. The van der Waals surface area contributed by atoms with Gasteiger partial charge in [-0.05, 0) is 50.0 Å². The highest BCUT2D eigenvalue weighted by molar-refractivity contribution is 5.29. The maximum Gasteiger partial charge on any atom is 0.131 e. The molecule has 0 aliphatic heterocycles. The van der Waals surface area contributed by atoms with E-state index in [1.165, 1.54) is 31.7 Å². The number of benzene rings is 1. The number of hydrogen-bond donors (Lipinski definition) is 2. The minimum Gasteiger partial charge on any atom is -0.508 e. The summed E-state index contributed by atoms with van der Waals surface area (Å²) in [5.41, 5.74) is 1.17. The highest BCUT2D eigenvalue weighted by Crippen LogP contribution is 2.60. The van der Waals surface area contributed by atoms with Crippen LogP contribution in [0.15, 0.2) is 18.2 Å². The molecule has 0 amide bonds. The Kier molecular flexibility index (Phi) is 2.81. The molecule has 18 heavy (non-hydrogen) atoms. The Morgan fingerprint density at radius 1 is 1.44 bits per heavy atom. The van der Waals surface area contributed by atoms with Gasteiger partial charge >= 0.3 is 0 Å². The Bertz CT molecular complexity index is 452. The minimum absolute atomic E-state index is 0.00169. The highest BCUT2D eigenvalue weighted by Gasteiger charge is 2.53. The summed E-state index contributed by atoms with van der Waals surface area (Å²) in [4.78, 5) is 0. The minimum atomic E-state index is -0.328. The molecule has 1 aromatic carbocycles. The van der Waals surface area contributed by atoms with E-state index in [2.05, 4.69) is 5.32 Å². The number of phenolic OH excluding ortho intramolecular Hbond substituents is 1. The fourth-order valence-electron chi connectivity index (χ4n) is 2.92. The van der Waals surface area contributed by atoms with Gasteiger partial charge in [0.05, 0.1) is 0 Å². The van der Waals surface area contributed by atoms with E-state index in [-0.39, 0.29) is 17.6 Å². The molecule has 1 unspecified atom stereocenters. The molecule has 1 atom stereocenters. The van der Waals surface area contributed by atoms with E-state index in [1.807, 2.05) is 6.92 Å². The third kappa shape index (κ3) is 2.24. The van der Waals surface area contributed by atoms with E-state index >= 15 is 0 Å². The first-order valence-corrected chi connectivity index (χ1v) is 6.82. The summed E-state index contributed by atoms with van der Waals surface area (Å²) in [6.45, 7) is 2.98. The van der Waals surface area contributed by atoms with Crippen molar-refractivity contribution in [1.29, 1.82) is 0 Å². The SMILES string of the molecule is CC(NCC1(C2CC2)CC1)c1ccc(O)cc1F. The van der Waals surface area contributed by atoms with Crippen molar-refractivity contribution in [3.63, 3.8) is 0 Å². The molecular weight excluding hydrogens is 229 g/mol. The lowest BCUT2D eigenvalue weighted by Gasteiger charge is -2.20. The van der Waals surface area contributed by atoms with Crippen LogP contribution in [0.5, 0.6) is 5.75 Å². The number of aromatic hydroxyl groups is 1. The van der Waals surface area contributed by atoms with Crippen molar-refractivity contribution in [2.45, 2.75) is 38.6 Å². The summed E-state index contributed by atoms with van der Waals surface area (Å²) in [5, 5.41) is 12.7. The lowest BCUT2D eigenvalue weighted by molar-refractivity contribution is 0.377. The van der Waals surface area contributed by atoms with E-state index < -0.39 is 0 Å². The fourth-order valence-corrected chi connectivity index (χ4v) is 2.92. The second-order valence-corrected chi connectivity index (χ2v) is 5.95. The second kappa shape index (κ2) is 4.23. The molecule has 0 aromatic heterocycles. The van der Waals surface area contributed by atoms with Crippen LogP contribution in [0.1, 0.15) is 44.2 Å². The molecule has 98 valence electrons. The van der Waals surface area contributed by atoms with Crippen LogP contribution in [0.4, 0.5) is 4.39 Å². The van der Waals surface area contributed by atoms with Crippen LogP contribution in [0.25, 0.3) is 0 Å². The molecule has 2 N–H and O–H groups in total. The van der Waals surface area contributed by atoms with Gasteiger partial charge < -0.3 is 10.4 Å². The predicted molar refractivity (Wildman–Crippen MR) is 68.9 cm³/mol. The van der Waals surface area contributed by atoms with Crippen molar-refractivity contribution in [1.82, 2.24) is 5.32 Å². The zero-order valence-corrected chi connectivity index (χ0v) is 10.7. The van der Waals surface area contributed by atoms with Crippen molar-refractivity contribution >= 4 is 0 Å². The van der Waals surface area contributed by atoms with Crippen molar-refractivity contribution in [3.05, 3.63) is 29.6 Å². The molecule has 2 aliphatic rings. The molecule has 0 spiro atoms. The summed E-state index contributed by atoms with van der Waals surface area (Å²) in [7, 11) is 0. The van der Waals surface area contributed by atoms with Crippen LogP contribution in [-0.4, -0.2) is 11.7 Å². The van der Waals surface area contributed by atoms with Crippen LogP contribution in [0, 0.1) is 17.2 Å². The maximum atomic E-state index is 13.7. The van der Waals surface area contributed by atoms with E-state index in [1.54, 1.807) is 12.1 Å². The average Bonchev–Trinajstić information content (AvgIpc) is 3.17. The van der Waals surface area contributed by atoms with Crippen molar-refractivity contribution in [2.24, 2.45) is 11.3 Å². The molecule has 3 rings (SSSR count). The predicted octanol–water partition coefficient (Wildman–Crippen LogP) is 3.37. The van der Waals surface area contributed by atoms with Gasteiger partial charge in [0.15, 0.2) is 0 Å². The Labute approximate surface area is 107 Å². The van der Waals surface area contributed by atoms with Gasteiger partial charge in [-0.15, -0.1) is 0 Å². The molecule has 0 saturated heterocycles. The smallest absolute Gasteiger partial charge is 0.131 e. The third-order valence-corrected chi connectivity index (χ3v) is 4.55. The van der Waals surface area contributed by atoms with Crippen LogP contribution in [0.3, 0.4) is 0 Å². The number of halogens is 1. The van der Waals surface area contributed by atoms with Gasteiger partial charge in [-0.1, -0.05) is 6.07 Å². The summed E-state index contributed by atoms with van der Waals surface area (Å²) < 4.78 is 13.7. The first kappa shape index (κ1) is 12.0. The fraction of sp³-hybridized carbons (Fsp3) is 0.600. The molecule has 0 bridgehead atoms. The average molecular weight is 249 g/mol. The number of hydrogen-bond acceptors (Lipinski definition) is 2. The Hall–Kier alpha value is -1.09. The first-order valence-electron chi connectivity index (χ1n) is 6.82. The molecule has 2 fully saturated rings. The lowest BCUT2D eigenvalue weighted by Crippen LogP contribution is -2.28. The van der Waals surface area contributed by atoms with Gasteiger partial charge in [0.1, 0.15) is 11.6 Å². The van der Waals surface area contributed by atoms with Gasteiger partial charge in [-0.3, -0.25) is 0 Å². The van der Waals surface area contributed by atoms with Crippen molar-refractivity contribution < 1.29 is 9.50 Å². The molecule has 2 saturated carbocycles. The topological polar surface area (TPSA) is 32.3 Å². The molecule has 2 nitrogen and oxygen atoms in total. The number of rotatable bonds is 5. The van der Waals surface area contributed by atoms with Crippen LogP contribution >= 0.6 is 0 Å². The normalized spacial score (nSPS) is 22.8. The Balaban J connectivity index is 1.62. The lowest BCUT2D eigenvalue weighted by atomic mass is 9.99. The maximum absolute atomic E-state index is 13.7. The molecule has 3 heteroatoms. The van der Waals surface area contributed by atoms with E-state index in [0.29, 0.717) is 11.0 Å². The third-order valence-electron chi connectivity index (χ3n) is 4.55. The zero-order valence-electron chi connectivity index (χ0n) is 10.7. The summed E-state index contributed by atoms with van der Waals surface area (Å²) in [5.74, 6) is 0.577. The van der Waals surface area contributed by atoms with Crippen LogP contribution in [-0.2, 0) is 0 Å². The monoisotopic (exact) mass is 249 g/mol.